The van der Waals surface area contributed by atoms with Gasteiger partial charge in [-0.25, -0.2) is 0 Å². The van der Waals surface area contributed by atoms with E-state index in [1.54, 1.807) is 0 Å². The number of carbonyl (C=O) groups is 1. The summed E-state index contributed by atoms with van der Waals surface area (Å²) >= 11 is 0. The number of fused-ring (bicyclic) bond motifs is 1. The van der Waals surface area contributed by atoms with Gasteiger partial charge < -0.3 is 10.4 Å². The maximum atomic E-state index is 12.3. The Morgan fingerprint density at radius 2 is 1.87 bits per heavy atom. The fourth-order valence-corrected chi connectivity index (χ4v) is 3.09. The molecule has 23 heavy (non-hydrogen) atoms. The van der Waals surface area contributed by atoms with Crippen molar-refractivity contribution < 1.29 is 9.90 Å². The standard InChI is InChI=1S/C20H27NO2/c1-15(2)12-16(10-11-22)14-21-20(23)13-18-8-5-7-17-6-3-4-9-19(17)18/h3-9,15-16,22H,10-14H2,1-2H3,(H,21,23). The van der Waals surface area contributed by atoms with Crippen molar-refractivity contribution in [2.75, 3.05) is 13.2 Å². The average molecular weight is 313 g/mol. The summed E-state index contributed by atoms with van der Waals surface area (Å²) in [5, 5.41) is 14.5. The Bertz CT molecular complexity index is 631. The van der Waals surface area contributed by atoms with Gasteiger partial charge in [0.25, 0.3) is 0 Å². The highest BCUT2D eigenvalue weighted by Crippen LogP contribution is 2.19. The van der Waals surface area contributed by atoms with Crippen molar-refractivity contribution >= 4 is 16.7 Å². The lowest BCUT2D eigenvalue weighted by molar-refractivity contribution is -0.120. The van der Waals surface area contributed by atoms with Crippen molar-refractivity contribution in [3.05, 3.63) is 48.0 Å². The molecule has 3 nitrogen and oxygen atoms in total. The summed E-state index contributed by atoms with van der Waals surface area (Å²) in [6.07, 6.45) is 2.16. The van der Waals surface area contributed by atoms with E-state index >= 15 is 0 Å². The molecule has 0 aromatic heterocycles. The van der Waals surface area contributed by atoms with E-state index in [1.807, 2.05) is 24.3 Å². The van der Waals surface area contributed by atoms with Crippen LogP contribution in [0.5, 0.6) is 0 Å². The van der Waals surface area contributed by atoms with E-state index in [4.69, 9.17) is 5.11 Å². The molecule has 0 saturated heterocycles. The molecule has 0 fully saturated rings. The van der Waals surface area contributed by atoms with Gasteiger partial charge in [0.05, 0.1) is 6.42 Å². The van der Waals surface area contributed by atoms with Gasteiger partial charge in [0.1, 0.15) is 0 Å². The quantitative estimate of drug-likeness (QED) is 0.783. The first kappa shape index (κ1) is 17.5. The topological polar surface area (TPSA) is 49.3 Å². The molecular weight excluding hydrogens is 286 g/mol. The number of aliphatic hydroxyl groups excluding tert-OH is 1. The minimum atomic E-state index is 0.0491. The summed E-state index contributed by atoms with van der Waals surface area (Å²) < 4.78 is 0. The van der Waals surface area contributed by atoms with Crippen LogP contribution in [-0.4, -0.2) is 24.2 Å². The van der Waals surface area contributed by atoms with E-state index in [0.717, 1.165) is 29.2 Å². The molecule has 2 aromatic rings. The van der Waals surface area contributed by atoms with Crippen LogP contribution in [0.3, 0.4) is 0 Å². The zero-order valence-electron chi connectivity index (χ0n) is 14.1. The molecule has 0 aliphatic heterocycles. The summed E-state index contributed by atoms with van der Waals surface area (Å²) in [6.45, 7) is 5.16. The molecule has 0 aliphatic carbocycles. The van der Waals surface area contributed by atoms with Crippen molar-refractivity contribution in [1.29, 1.82) is 0 Å². The molecule has 2 rings (SSSR count). The summed E-state index contributed by atoms with van der Waals surface area (Å²) in [4.78, 5) is 12.3. The van der Waals surface area contributed by atoms with Crippen LogP contribution in [0.1, 0.15) is 32.3 Å². The Hall–Kier alpha value is -1.87. The Morgan fingerprint density at radius 1 is 1.13 bits per heavy atom. The van der Waals surface area contributed by atoms with Gasteiger partial charge in [-0.15, -0.1) is 0 Å². The molecule has 0 bridgehead atoms. The molecule has 2 aromatic carbocycles. The Kier molecular flexibility index (Phi) is 6.60. The van der Waals surface area contributed by atoms with E-state index in [0.29, 0.717) is 24.8 Å². The molecule has 3 heteroatoms. The van der Waals surface area contributed by atoms with Crippen molar-refractivity contribution in [3.63, 3.8) is 0 Å². The zero-order chi connectivity index (χ0) is 16.7. The van der Waals surface area contributed by atoms with Gasteiger partial charge in [-0.05, 0) is 41.0 Å². The van der Waals surface area contributed by atoms with Crippen molar-refractivity contribution in [2.24, 2.45) is 11.8 Å². The predicted molar refractivity (Wildman–Crippen MR) is 95.3 cm³/mol. The second-order valence-corrected chi connectivity index (χ2v) is 6.63. The summed E-state index contributed by atoms with van der Waals surface area (Å²) in [6, 6.07) is 14.2. The number of benzene rings is 2. The Balaban J connectivity index is 1.95. The largest absolute Gasteiger partial charge is 0.396 e. The van der Waals surface area contributed by atoms with Crippen molar-refractivity contribution in [3.8, 4) is 0 Å². The van der Waals surface area contributed by atoms with Gasteiger partial charge in [-0.3, -0.25) is 4.79 Å². The van der Waals surface area contributed by atoms with Crippen LogP contribution >= 0.6 is 0 Å². The third-order valence-electron chi connectivity index (χ3n) is 4.16. The molecule has 2 N–H and O–H groups in total. The van der Waals surface area contributed by atoms with Crippen LogP contribution in [0.2, 0.25) is 0 Å². The third-order valence-corrected chi connectivity index (χ3v) is 4.16. The maximum Gasteiger partial charge on any atom is 0.224 e. The fourth-order valence-electron chi connectivity index (χ4n) is 3.09. The smallest absolute Gasteiger partial charge is 0.224 e. The summed E-state index contributed by atoms with van der Waals surface area (Å²) in [5.74, 6) is 0.964. The molecule has 1 unspecified atom stereocenters. The monoisotopic (exact) mass is 313 g/mol. The minimum absolute atomic E-state index is 0.0491. The average Bonchev–Trinajstić information content (AvgIpc) is 2.53. The number of carbonyl (C=O) groups excluding carboxylic acids is 1. The van der Waals surface area contributed by atoms with Crippen molar-refractivity contribution in [2.45, 2.75) is 33.1 Å². The van der Waals surface area contributed by atoms with Crippen LogP contribution in [0.4, 0.5) is 0 Å². The number of rotatable bonds is 8. The van der Waals surface area contributed by atoms with Crippen LogP contribution in [0, 0.1) is 11.8 Å². The van der Waals surface area contributed by atoms with E-state index in [2.05, 4.69) is 37.4 Å². The lowest BCUT2D eigenvalue weighted by atomic mass is 9.94. The minimum Gasteiger partial charge on any atom is -0.396 e. The molecule has 0 saturated carbocycles. The Labute approximate surface area is 138 Å². The highest BCUT2D eigenvalue weighted by molar-refractivity contribution is 5.90. The Morgan fingerprint density at radius 3 is 2.61 bits per heavy atom. The number of amides is 1. The second kappa shape index (κ2) is 8.68. The van der Waals surface area contributed by atoms with E-state index < -0.39 is 0 Å². The van der Waals surface area contributed by atoms with Gasteiger partial charge in [0.15, 0.2) is 0 Å². The van der Waals surface area contributed by atoms with Crippen molar-refractivity contribution in [1.82, 2.24) is 5.32 Å². The summed E-state index contributed by atoms with van der Waals surface area (Å²) in [7, 11) is 0. The van der Waals surface area contributed by atoms with E-state index in [1.165, 1.54) is 0 Å². The molecule has 1 amide bonds. The first-order valence-corrected chi connectivity index (χ1v) is 8.44. The second-order valence-electron chi connectivity index (χ2n) is 6.63. The van der Waals surface area contributed by atoms with Gasteiger partial charge in [0.2, 0.25) is 5.91 Å². The molecule has 1 atom stereocenters. The summed E-state index contributed by atoms with van der Waals surface area (Å²) in [5.41, 5.74) is 1.06. The van der Waals surface area contributed by atoms with E-state index in [9.17, 15) is 4.79 Å². The van der Waals surface area contributed by atoms with Crippen LogP contribution in [0.25, 0.3) is 10.8 Å². The predicted octanol–water partition coefficient (Wildman–Crippen LogP) is 3.54. The molecule has 124 valence electrons. The highest BCUT2D eigenvalue weighted by Gasteiger charge is 2.13. The number of hydrogen-bond donors (Lipinski definition) is 2. The van der Waals surface area contributed by atoms with Gasteiger partial charge >= 0.3 is 0 Å². The number of nitrogens with one attached hydrogen (secondary N) is 1. The van der Waals surface area contributed by atoms with Crippen LogP contribution < -0.4 is 5.32 Å². The van der Waals surface area contributed by atoms with Crippen LogP contribution in [-0.2, 0) is 11.2 Å². The molecular formula is C20H27NO2. The first-order valence-electron chi connectivity index (χ1n) is 8.44. The highest BCUT2D eigenvalue weighted by atomic mass is 16.3. The fraction of sp³-hybridized carbons (Fsp3) is 0.450. The van der Waals surface area contributed by atoms with E-state index in [-0.39, 0.29) is 12.5 Å². The maximum absolute atomic E-state index is 12.3. The molecule has 0 spiro atoms. The number of aliphatic hydroxyl groups is 1. The lowest BCUT2D eigenvalue weighted by Crippen LogP contribution is -2.31. The third kappa shape index (κ3) is 5.36. The molecule has 0 heterocycles. The normalized spacial score (nSPS) is 12.5. The molecule has 0 aliphatic rings. The lowest BCUT2D eigenvalue weighted by Gasteiger charge is -2.18. The zero-order valence-corrected chi connectivity index (χ0v) is 14.1. The first-order chi connectivity index (χ1) is 11.1. The van der Waals surface area contributed by atoms with Gasteiger partial charge in [-0.2, -0.15) is 0 Å². The van der Waals surface area contributed by atoms with Gasteiger partial charge in [-0.1, -0.05) is 56.3 Å². The number of hydrogen-bond acceptors (Lipinski definition) is 2. The van der Waals surface area contributed by atoms with Crippen LogP contribution in [0.15, 0.2) is 42.5 Å². The molecule has 0 radical (unpaired) electrons. The van der Waals surface area contributed by atoms with Gasteiger partial charge in [0, 0.05) is 13.2 Å². The SMILES string of the molecule is CC(C)CC(CCO)CNC(=O)Cc1cccc2ccccc12.